The molecule has 6 nitrogen and oxygen atoms in total. The number of hydrogen-bond donors (Lipinski definition) is 2. The van der Waals surface area contributed by atoms with Crippen molar-refractivity contribution in [3.8, 4) is 16.3 Å². The van der Waals surface area contributed by atoms with Crippen LogP contribution in [0.15, 0.2) is 46.5 Å². The Morgan fingerprint density at radius 1 is 1.19 bits per heavy atom. The standard InChI is InChI=1S/C18H17N3O3S2/c1-19-17(23)9-24-15-4-2-3-13(7-15)20-16(22)8-14-11-26-18(21-14)12-5-6-25-10-12/h2-7,10-11H,8-9H2,1H3,(H,19,23)(H,20,22). The van der Waals surface area contributed by atoms with Gasteiger partial charge in [-0.25, -0.2) is 4.98 Å². The van der Waals surface area contributed by atoms with Crippen LogP contribution < -0.4 is 15.4 Å². The molecule has 8 heteroatoms. The van der Waals surface area contributed by atoms with Gasteiger partial charge in [-0.05, 0) is 23.6 Å². The summed E-state index contributed by atoms with van der Waals surface area (Å²) in [5.41, 5.74) is 2.42. The van der Waals surface area contributed by atoms with E-state index in [1.807, 2.05) is 22.2 Å². The second-order valence-corrected chi connectivity index (χ2v) is 7.01. The van der Waals surface area contributed by atoms with Gasteiger partial charge in [0.25, 0.3) is 5.91 Å². The molecule has 0 saturated heterocycles. The highest BCUT2D eigenvalue weighted by Crippen LogP contribution is 2.26. The van der Waals surface area contributed by atoms with Crippen LogP contribution in [-0.2, 0) is 16.0 Å². The van der Waals surface area contributed by atoms with E-state index in [1.54, 1.807) is 42.6 Å². The number of aromatic nitrogens is 1. The lowest BCUT2D eigenvalue weighted by Gasteiger charge is -2.08. The molecular weight excluding hydrogens is 370 g/mol. The van der Waals surface area contributed by atoms with E-state index in [1.165, 1.54) is 11.3 Å². The second kappa shape index (κ2) is 8.59. The van der Waals surface area contributed by atoms with Crippen molar-refractivity contribution in [1.82, 2.24) is 10.3 Å². The maximum Gasteiger partial charge on any atom is 0.257 e. The Bertz CT molecular complexity index is 891. The number of rotatable bonds is 7. The summed E-state index contributed by atoms with van der Waals surface area (Å²) in [5, 5.41) is 12.2. The molecule has 0 bridgehead atoms. The van der Waals surface area contributed by atoms with Crippen LogP contribution in [0.2, 0.25) is 0 Å². The Balaban J connectivity index is 1.57. The summed E-state index contributed by atoms with van der Waals surface area (Å²) < 4.78 is 5.37. The van der Waals surface area contributed by atoms with Crippen LogP contribution in [0.4, 0.5) is 5.69 Å². The Kier molecular flexibility index (Phi) is 5.98. The number of benzene rings is 1. The van der Waals surface area contributed by atoms with E-state index in [2.05, 4.69) is 15.6 Å². The largest absolute Gasteiger partial charge is 0.484 e. The first-order valence-electron chi connectivity index (χ1n) is 7.84. The number of thiazole rings is 1. The van der Waals surface area contributed by atoms with Crippen molar-refractivity contribution in [3.05, 3.63) is 52.2 Å². The summed E-state index contributed by atoms with van der Waals surface area (Å²) in [6.07, 6.45) is 0.198. The van der Waals surface area contributed by atoms with Crippen LogP contribution in [0, 0.1) is 0 Å². The fourth-order valence-corrected chi connectivity index (χ4v) is 3.69. The van der Waals surface area contributed by atoms with Gasteiger partial charge in [-0.15, -0.1) is 11.3 Å². The van der Waals surface area contributed by atoms with Crippen LogP contribution >= 0.6 is 22.7 Å². The van der Waals surface area contributed by atoms with Crippen molar-refractivity contribution >= 4 is 40.2 Å². The minimum Gasteiger partial charge on any atom is -0.484 e. The molecule has 0 radical (unpaired) electrons. The van der Waals surface area contributed by atoms with Crippen LogP contribution in [-0.4, -0.2) is 30.5 Å². The van der Waals surface area contributed by atoms with E-state index >= 15 is 0 Å². The molecule has 0 fully saturated rings. The fraction of sp³-hybridized carbons (Fsp3) is 0.167. The zero-order chi connectivity index (χ0) is 18.4. The van der Waals surface area contributed by atoms with Gasteiger partial charge < -0.3 is 15.4 Å². The number of nitrogens with one attached hydrogen (secondary N) is 2. The lowest BCUT2D eigenvalue weighted by atomic mass is 10.2. The van der Waals surface area contributed by atoms with Gasteiger partial charge >= 0.3 is 0 Å². The zero-order valence-corrected chi connectivity index (χ0v) is 15.7. The maximum absolute atomic E-state index is 12.3. The van der Waals surface area contributed by atoms with Gasteiger partial charge in [-0.1, -0.05) is 6.07 Å². The van der Waals surface area contributed by atoms with Crippen LogP contribution in [0.25, 0.3) is 10.6 Å². The SMILES string of the molecule is CNC(=O)COc1cccc(NC(=O)Cc2csc(-c3ccsc3)n2)c1. The Labute approximate surface area is 158 Å². The van der Waals surface area contributed by atoms with E-state index in [-0.39, 0.29) is 24.8 Å². The molecule has 0 spiro atoms. The van der Waals surface area contributed by atoms with Crippen molar-refractivity contribution in [3.63, 3.8) is 0 Å². The van der Waals surface area contributed by atoms with E-state index in [0.29, 0.717) is 11.4 Å². The zero-order valence-electron chi connectivity index (χ0n) is 14.0. The maximum atomic E-state index is 12.3. The number of likely N-dealkylation sites (N-methyl/N-ethyl adjacent to an activating group) is 1. The first-order chi connectivity index (χ1) is 12.6. The van der Waals surface area contributed by atoms with Crippen molar-refractivity contribution in [2.75, 3.05) is 19.0 Å². The fourth-order valence-electron chi connectivity index (χ4n) is 2.16. The third-order valence-corrected chi connectivity index (χ3v) is 5.05. The highest BCUT2D eigenvalue weighted by atomic mass is 32.1. The summed E-state index contributed by atoms with van der Waals surface area (Å²) >= 11 is 3.15. The molecule has 134 valence electrons. The molecule has 1 aromatic carbocycles. The molecule has 3 aromatic rings. The lowest BCUT2D eigenvalue weighted by Crippen LogP contribution is -2.24. The van der Waals surface area contributed by atoms with Gasteiger partial charge in [0.15, 0.2) is 6.61 Å². The Hall–Kier alpha value is -2.71. The molecular formula is C18H17N3O3S2. The summed E-state index contributed by atoms with van der Waals surface area (Å²) in [7, 11) is 1.55. The average molecular weight is 387 g/mol. The first kappa shape index (κ1) is 18.1. The minimum atomic E-state index is -0.218. The molecule has 0 atom stereocenters. The van der Waals surface area contributed by atoms with Gasteiger partial charge in [0.2, 0.25) is 5.91 Å². The molecule has 2 N–H and O–H groups in total. The van der Waals surface area contributed by atoms with E-state index in [4.69, 9.17) is 4.74 Å². The lowest BCUT2D eigenvalue weighted by molar-refractivity contribution is -0.122. The van der Waals surface area contributed by atoms with Gasteiger partial charge in [-0.2, -0.15) is 11.3 Å². The van der Waals surface area contributed by atoms with Crippen molar-refractivity contribution in [2.45, 2.75) is 6.42 Å². The molecule has 0 aliphatic heterocycles. The number of thiophene rings is 1. The predicted octanol–water partition coefficient (Wildman–Crippen LogP) is 3.18. The summed E-state index contributed by atoms with van der Waals surface area (Å²) in [6, 6.07) is 8.94. The van der Waals surface area contributed by atoms with Crippen LogP contribution in [0.3, 0.4) is 0 Å². The molecule has 2 amide bonds. The van der Waals surface area contributed by atoms with E-state index < -0.39 is 0 Å². The number of carbonyl (C=O) groups is 2. The van der Waals surface area contributed by atoms with Crippen LogP contribution in [0.5, 0.6) is 5.75 Å². The van der Waals surface area contributed by atoms with Gasteiger partial charge in [0.1, 0.15) is 10.8 Å². The molecule has 26 heavy (non-hydrogen) atoms. The highest BCUT2D eigenvalue weighted by Gasteiger charge is 2.10. The van der Waals surface area contributed by atoms with Gasteiger partial charge in [0.05, 0.1) is 12.1 Å². The van der Waals surface area contributed by atoms with Crippen molar-refractivity contribution in [1.29, 1.82) is 0 Å². The number of anilines is 1. The van der Waals surface area contributed by atoms with Crippen molar-refractivity contribution < 1.29 is 14.3 Å². The monoisotopic (exact) mass is 387 g/mol. The molecule has 0 saturated carbocycles. The summed E-state index contributed by atoms with van der Waals surface area (Å²) in [6.45, 7) is -0.0713. The molecule has 3 rings (SSSR count). The predicted molar refractivity (Wildman–Crippen MR) is 104 cm³/mol. The van der Waals surface area contributed by atoms with E-state index in [0.717, 1.165) is 16.3 Å². The normalized spacial score (nSPS) is 10.3. The smallest absolute Gasteiger partial charge is 0.257 e. The molecule has 0 aliphatic rings. The highest BCUT2D eigenvalue weighted by molar-refractivity contribution is 7.14. The number of hydrogen-bond acceptors (Lipinski definition) is 6. The molecule has 0 aliphatic carbocycles. The Morgan fingerprint density at radius 2 is 2.08 bits per heavy atom. The van der Waals surface area contributed by atoms with Crippen LogP contribution in [0.1, 0.15) is 5.69 Å². The van der Waals surface area contributed by atoms with Gasteiger partial charge in [-0.3, -0.25) is 9.59 Å². The molecule has 0 unspecified atom stereocenters. The number of carbonyl (C=O) groups excluding carboxylic acids is 2. The second-order valence-electron chi connectivity index (χ2n) is 5.37. The molecule has 2 aromatic heterocycles. The number of nitrogens with zero attached hydrogens (tertiary/aromatic N) is 1. The number of amides is 2. The minimum absolute atomic E-state index is 0.0713. The Morgan fingerprint density at radius 3 is 2.85 bits per heavy atom. The quantitative estimate of drug-likeness (QED) is 0.652. The average Bonchev–Trinajstić information content (AvgIpc) is 3.31. The third-order valence-electron chi connectivity index (χ3n) is 3.43. The molecule has 2 heterocycles. The summed E-state index contributed by atoms with van der Waals surface area (Å²) in [5.74, 6) is 0.139. The third kappa shape index (κ3) is 4.90. The first-order valence-corrected chi connectivity index (χ1v) is 9.66. The topological polar surface area (TPSA) is 80.3 Å². The van der Waals surface area contributed by atoms with Crippen molar-refractivity contribution in [2.24, 2.45) is 0 Å². The van der Waals surface area contributed by atoms with E-state index in [9.17, 15) is 9.59 Å². The van der Waals surface area contributed by atoms with Gasteiger partial charge in [0, 0.05) is 35.1 Å². The number of ether oxygens (including phenoxy) is 1. The summed E-state index contributed by atoms with van der Waals surface area (Å²) in [4.78, 5) is 28.0.